The van der Waals surface area contributed by atoms with Crippen molar-refractivity contribution in [3.63, 3.8) is 0 Å². The number of benzene rings is 2. The molecule has 2 aromatic carbocycles. The third-order valence-electron chi connectivity index (χ3n) is 3.50. The highest BCUT2D eigenvalue weighted by molar-refractivity contribution is 7.21. The van der Waals surface area contributed by atoms with E-state index in [1.165, 1.54) is 11.3 Å². The Balaban J connectivity index is 1.69. The predicted octanol–water partition coefficient (Wildman–Crippen LogP) is 5.12. The summed E-state index contributed by atoms with van der Waals surface area (Å²) >= 11 is 8.93. The summed E-state index contributed by atoms with van der Waals surface area (Å²) < 4.78 is 9.34. The molecule has 0 fully saturated rings. The molecule has 4 nitrogen and oxygen atoms in total. The molecule has 4 aromatic rings. The molecule has 23 heavy (non-hydrogen) atoms. The van der Waals surface area contributed by atoms with Gasteiger partial charge in [0.2, 0.25) is 0 Å². The van der Waals surface area contributed by atoms with Gasteiger partial charge in [-0.3, -0.25) is 4.79 Å². The van der Waals surface area contributed by atoms with Crippen LogP contribution in [0, 0.1) is 6.92 Å². The lowest BCUT2D eigenvalue weighted by Gasteiger charge is -2.03. The first-order valence-electron chi connectivity index (χ1n) is 6.84. The molecular formula is C16H10ClN3OS2. The number of anilines is 1. The molecule has 0 aliphatic heterocycles. The number of hydrogen-bond donors (Lipinski definition) is 1. The third kappa shape index (κ3) is 2.59. The van der Waals surface area contributed by atoms with Crippen LogP contribution in [0.5, 0.6) is 0 Å². The van der Waals surface area contributed by atoms with Crippen molar-refractivity contribution >= 4 is 67.4 Å². The Hall–Kier alpha value is -2.02. The topological polar surface area (TPSA) is 54.9 Å². The zero-order valence-electron chi connectivity index (χ0n) is 12.0. The Morgan fingerprint density at radius 2 is 1.96 bits per heavy atom. The number of nitrogens with zero attached hydrogens (tertiary/aromatic N) is 2. The van der Waals surface area contributed by atoms with Gasteiger partial charge in [0.1, 0.15) is 15.9 Å². The van der Waals surface area contributed by atoms with Crippen molar-refractivity contribution in [1.82, 2.24) is 8.75 Å². The molecule has 114 valence electrons. The number of carbonyl (C=O) groups excluding carboxylic acids is 1. The molecule has 0 saturated heterocycles. The van der Waals surface area contributed by atoms with Crippen molar-refractivity contribution in [2.45, 2.75) is 6.92 Å². The van der Waals surface area contributed by atoms with E-state index in [4.69, 9.17) is 11.6 Å². The summed E-state index contributed by atoms with van der Waals surface area (Å²) in [5.41, 5.74) is 3.41. The van der Waals surface area contributed by atoms with Crippen molar-refractivity contribution in [2.24, 2.45) is 0 Å². The van der Waals surface area contributed by atoms with Gasteiger partial charge in [-0.05, 0) is 36.8 Å². The minimum Gasteiger partial charge on any atom is -0.321 e. The van der Waals surface area contributed by atoms with Crippen LogP contribution in [0.2, 0.25) is 5.02 Å². The van der Waals surface area contributed by atoms with Crippen LogP contribution in [0.25, 0.3) is 21.1 Å². The minimum absolute atomic E-state index is 0.212. The molecule has 2 aromatic heterocycles. The summed E-state index contributed by atoms with van der Waals surface area (Å²) in [6.45, 7) is 2.02. The predicted molar refractivity (Wildman–Crippen MR) is 96.9 cm³/mol. The zero-order chi connectivity index (χ0) is 16.0. The second-order valence-corrected chi connectivity index (χ2v) is 7.13. The summed E-state index contributed by atoms with van der Waals surface area (Å²) in [5.74, 6) is -0.212. The monoisotopic (exact) mass is 359 g/mol. The lowest BCUT2D eigenvalue weighted by atomic mass is 10.2. The quantitative estimate of drug-likeness (QED) is 0.540. The van der Waals surface area contributed by atoms with Gasteiger partial charge in [-0.1, -0.05) is 23.7 Å². The van der Waals surface area contributed by atoms with E-state index >= 15 is 0 Å². The molecule has 0 spiro atoms. The van der Waals surface area contributed by atoms with Gasteiger partial charge in [0.05, 0.1) is 16.8 Å². The molecule has 0 aliphatic carbocycles. The van der Waals surface area contributed by atoms with Crippen LogP contribution in [0.1, 0.15) is 15.2 Å². The van der Waals surface area contributed by atoms with Gasteiger partial charge in [-0.15, -0.1) is 11.3 Å². The highest BCUT2D eigenvalue weighted by Gasteiger charge is 2.17. The molecule has 0 unspecified atom stereocenters. The van der Waals surface area contributed by atoms with E-state index in [0.717, 1.165) is 38.4 Å². The molecule has 0 radical (unpaired) electrons. The summed E-state index contributed by atoms with van der Waals surface area (Å²) in [6.07, 6.45) is 0. The molecule has 1 N–H and O–H groups in total. The Morgan fingerprint density at radius 3 is 2.83 bits per heavy atom. The van der Waals surface area contributed by atoms with Crippen LogP contribution in [0.4, 0.5) is 5.69 Å². The van der Waals surface area contributed by atoms with Gasteiger partial charge < -0.3 is 5.32 Å². The van der Waals surface area contributed by atoms with Crippen LogP contribution < -0.4 is 5.32 Å². The molecular weight excluding hydrogens is 350 g/mol. The first-order chi connectivity index (χ1) is 11.1. The largest absolute Gasteiger partial charge is 0.321 e. The smallest absolute Gasteiger partial charge is 0.267 e. The van der Waals surface area contributed by atoms with Crippen LogP contribution in [-0.2, 0) is 0 Å². The maximum absolute atomic E-state index is 12.5. The third-order valence-corrected chi connectivity index (χ3v) is 5.72. The number of rotatable bonds is 2. The SMILES string of the molecule is Cc1ccc2c(Cl)c(C(=O)Nc3ccc4nsnc4c3)sc2c1. The summed E-state index contributed by atoms with van der Waals surface area (Å²) in [7, 11) is 0. The number of carbonyl (C=O) groups is 1. The maximum Gasteiger partial charge on any atom is 0.267 e. The summed E-state index contributed by atoms with van der Waals surface area (Å²) in [6, 6.07) is 11.4. The van der Waals surface area contributed by atoms with Crippen molar-refractivity contribution < 1.29 is 4.79 Å². The Bertz CT molecular complexity index is 1050. The van der Waals surface area contributed by atoms with Crippen LogP contribution in [0.3, 0.4) is 0 Å². The maximum atomic E-state index is 12.5. The van der Waals surface area contributed by atoms with E-state index in [1.54, 1.807) is 0 Å². The first kappa shape index (κ1) is 14.6. The number of thiophene rings is 1. The average Bonchev–Trinajstić information content (AvgIpc) is 3.11. The van der Waals surface area contributed by atoms with Crippen LogP contribution >= 0.6 is 34.7 Å². The molecule has 1 amide bonds. The highest BCUT2D eigenvalue weighted by atomic mass is 35.5. The molecule has 0 atom stereocenters. The standard InChI is InChI=1S/C16H10ClN3OS2/c1-8-2-4-10-13(6-8)22-15(14(10)17)16(21)18-9-3-5-11-12(7-9)20-23-19-11/h2-7H,1H3,(H,18,21). The number of fused-ring (bicyclic) bond motifs is 2. The number of aromatic nitrogens is 2. The fourth-order valence-corrected chi connectivity index (χ4v) is 4.39. The fourth-order valence-electron chi connectivity index (χ4n) is 2.37. The number of nitrogens with one attached hydrogen (secondary N) is 1. The van der Waals surface area contributed by atoms with Gasteiger partial charge in [0, 0.05) is 15.8 Å². The molecule has 0 saturated carbocycles. The van der Waals surface area contributed by atoms with Gasteiger partial charge in [-0.2, -0.15) is 8.75 Å². The van der Waals surface area contributed by atoms with Gasteiger partial charge in [-0.25, -0.2) is 0 Å². The molecule has 0 aliphatic rings. The van der Waals surface area contributed by atoms with E-state index in [9.17, 15) is 4.79 Å². The molecule has 0 bridgehead atoms. The number of amides is 1. The molecule has 2 heterocycles. The fraction of sp³-hybridized carbons (Fsp3) is 0.0625. The zero-order valence-corrected chi connectivity index (χ0v) is 14.4. The Morgan fingerprint density at radius 1 is 1.13 bits per heavy atom. The molecule has 7 heteroatoms. The van der Waals surface area contributed by atoms with E-state index in [0.29, 0.717) is 15.6 Å². The van der Waals surface area contributed by atoms with Crippen molar-refractivity contribution in [1.29, 1.82) is 0 Å². The van der Waals surface area contributed by atoms with Gasteiger partial charge in [0.15, 0.2) is 0 Å². The lowest BCUT2D eigenvalue weighted by Crippen LogP contribution is -2.10. The van der Waals surface area contributed by atoms with Crippen molar-refractivity contribution in [3.05, 3.63) is 51.9 Å². The van der Waals surface area contributed by atoms with Gasteiger partial charge >= 0.3 is 0 Å². The second kappa shape index (κ2) is 5.56. The Labute approximate surface area is 145 Å². The normalized spacial score (nSPS) is 11.2. The van der Waals surface area contributed by atoms with E-state index in [1.807, 2.05) is 43.3 Å². The number of halogens is 1. The lowest BCUT2D eigenvalue weighted by molar-refractivity contribution is 0.103. The second-order valence-electron chi connectivity index (χ2n) is 5.17. The van der Waals surface area contributed by atoms with Crippen molar-refractivity contribution in [2.75, 3.05) is 5.32 Å². The van der Waals surface area contributed by atoms with Crippen LogP contribution in [0.15, 0.2) is 36.4 Å². The number of aryl methyl sites for hydroxylation is 1. The van der Waals surface area contributed by atoms with Gasteiger partial charge in [0.25, 0.3) is 5.91 Å². The first-order valence-corrected chi connectivity index (χ1v) is 8.76. The van der Waals surface area contributed by atoms with Crippen molar-refractivity contribution in [3.8, 4) is 0 Å². The number of hydrogen-bond acceptors (Lipinski definition) is 5. The minimum atomic E-state index is -0.212. The Kier molecular flexibility index (Phi) is 3.52. The highest BCUT2D eigenvalue weighted by Crippen LogP contribution is 2.36. The van der Waals surface area contributed by atoms with E-state index in [-0.39, 0.29) is 5.91 Å². The van der Waals surface area contributed by atoms with Crippen LogP contribution in [-0.4, -0.2) is 14.7 Å². The summed E-state index contributed by atoms with van der Waals surface area (Å²) in [4.78, 5) is 13.1. The summed E-state index contributed by atoms with van der Waals surface area (Å²) in [5, 5.41) is 4.29. The van der Waals surface area contributed by atoms with E-state index in [2.05, 4.69) is 14.1 Å². The average molecular weight is 360 g/mol. The molecule has 4 rings (SSSR count). The van der Waals surface area contributed by atoms with E-state index < -0.39 is 0 Å².